The van der Waals surface area contributed by atoms with Crippen molar-refractivity contribution in [1.82, 2.24) is 0 Å². The molecule has 0 aliphatic rings. The van der Waals surface area contributed by atoms with Crippen LogP contribution in [0, 0.1) is 0 Å². The zero-order chi connectivity index (χ0) is 53.6. The Bertz CT molecular complexity index is 1690. The van der Waals surface area contributed by atoms with Crippen molar-refractivity contribution in [3.8, 4) is 0 Å². The summed E-state index contributed by atoms with van der Waals surface area (Å²) in [6.07, 6.45) is 88.3. The van der Waals surface area contributed by atoms with E-state index in [1.165, 1.54) is 83.5 Å². The molecule has 0 heterocycles. The first-order chi connectivity index (χ1) is 36.5. The summed E-state index contributed by atoms with van der Waals surface area (Å²) < 4.78 is 16.7. The zero-order valence-electron chi connectivity index (χ0n) is 47.3. The molecule has 0 rings (SSSR count). The maximum Gasteiger partial charge on any atom is 0.306 e. The van der Waals surface area contributed by atoms with E-state index in [1.807, 2.05) is 24.3 Å². The summed E-state index contributed by atoms with van der Waals surface area (Å²) in [6, 6.07) is 0. The normalized spacial score (nSPS) is 13.3. The Balaban J connectivity index is 4.64. The van der Waals surface area contributed by atoms with Crippen LogP contribution in [0.5, 0.6) is 0 Å². The van der Waals surface area contributed by atoms with Crippen LogP contribution in [-0.4, -0.2) is 37.2 Å². The Kier molecular flexibility index (Phi) is 56.5. The molecule has 0 radical (unpaired) electrons. The van der Waals surface area contributed by atoms with Crippen LogP contribution in [0.4, 0.5) is 0 Å². The lowest BCUT2D eigenvalue weighted by molar-refractivity contribution is -0.166. The van der Waals surface area contributed by atoms with Crippen LogP contribution < -0.4 is 0 Å². The molecule has 6 heteroatoms. The number of rotatable bonds is 51. The van der Waals surface area contributed by atoms with Gasteiger partial charge in [0.1, 0.15) is 13.2 Å². The lowest BCUT2D eigenvalue weighted by Crippen LogP contribution is -2.30. The van der Waals surface area contributed by atoms with Crippen LogP contribution in [0.15, 0.2) is 158 Å². The van der Waals surface area contributed by atoms with Gasteiger partial charge >= 0.3 is 17.9 Å². The molecule has 6 nitrogen and oxygen atoms in total. The fourth-order valence-electron chi connectivity index (χ4n) is 7.43. The Morgan fingerprint density at radius 2 is 0.554 bits per heavy atom. The predicted octanol–water partition coefficient (Wildman–Crippen LogP) is 20.1. The van der Waals surface area contributed by atoms with Gasteiger partial charge in [-0.25, -0.2) is 0 Å². The van der Waals surface area contributed by atoms with Crippen molar-refractivity contribution < 1.29 is 28.6 Å². The first-order valence-corrected chi connectivity index (χ1v) is 29.5. The molecule has 0 saturated carbocycles. The van der Waals surface area contributed by atoms with Crippen LogP contribution in [0.25, 0.3) is 0 Å². The average molecular weight is 1020 g/mol. The summed E-state index contributed by atoms with van der Waals surface area (Å²) in [5, 5.41) is 0. The lowest BCUT2D eigenvalue weighted by atomic mass is 10.1. The van der Waals surface area contributed by atoms with Crippen LogP contribution in [0.3, 0.4) is 0 Å². The SMILES string of the molecule is CC/C=C\C/C=C\C/C=C\C/C=C\C/C=C\C/C=C\CCC(=O)OCC(COC(=O)CCCCCCCCC/C=C\CCCCCCCCC)OC(=O)CC/C=C\C/C=C\C/C=C\C/C=C\C/C=C\C/C=C\CC. The number of carbonyl (C=O) groups excluding carboxylic acids is 3. The van der Waals surface area contributed by atoms with E-state index < -0.39 is 12.1 Å². The van der Waals surface area contributed by atoms with Crippen molar-refractivity contribution in [2.45, 2.75) is 239 Å². The monoisotopic (exact) mass is 1020 g/mol. The molecule has 74 heavy (non-hydrogen) atoms. The molecule has 0 aromatic carbocycles. The van der Waals surface area contributed by atoms with Crippen molar-refractivity contribution >= 4 is 17.9 Å². The number of ether oxygens (including phenoxy) is 3. The highest BCUT2D eigenvalue weighted by molar-refractivity contribution is 5.71. The largest absolute Gasteiger partial charge is 0.462 e. The maximum absolute atomic E-state index is 12.8. The fourth-order valence-corrected chi connectivity index (χ4v) is 7.43. The minimum absolute atomic E-state index is 0.140. The van der Waals surface area contributed by atoms with Gasteiger partial charge in [-0.1, -0.05) is 249 Å². The molecule has 0 aromatic heterocycles. The molecule has 0 aliphatic carbocycles. The van der Waals surface area contributed by atoms with Gasteiger partial charge < -0.3 is 14.2 Å². The summed E-state index contributed by atoms with van der Waals surface area (Å²) >= 11 is 0. The van der Waals surface area contributed by atoms with Crippen LogP contribution in [0.1, 0.15) is 233 Å². The van der Waals surface area contributed by atoms with Crippen molar-refractivity contribution in [2.24, 2.45) is 0 Å². The van der Waals surface area contributed by atoms with Gasteiger partial charge in [0.15, 0.2) is 6.10 Å². The van der Waals surface area contributed by atoms with Crippen LogP contribution in [-0.2, 0) is 28.6 Å². The van der Waals surface area contributed by atoms with Gasteiger partial charge in [-0.05, 0) is 122 Å². The molecule has 0 aliphatic heterocycles. The standard InChI is InChI=1S/C68H106O6/c1-4-7-10-13-16-19-22-25-28-31-34-37-40-43-46-49-52-55-58-61-67(70)73-64-65(63-72-66(69)60-57-54-51-48-45-42-39-36-33-30-27-24-21-18-15-12-9-6-3)74-68(71)62-59-56-53-50-47-44-41-38-35-32-29-26-23-20-17-14-11-8-5-2/h7-8,10-11,16-17,19-20,25-26,28-30,33-35,37-38,43-44,46-47,52-53,55-56,65H,4-6,9,12-15,18,21-24,27,31-32,36,39-42,45,48-51,54,57-64H2,1-3H3/b10-7-,11-8-,19-16-,20-17-,28-25-,29-26-,33-30-,37-34-,38-35-,46-43-,47-44-,55-52-,56-53-. The molecular formula is C68H106O6. The highest BCUT2D eigenvalue weighted by Crippen LogP contribution is 2.13. The lowest BCUT2D eigenvalue weighted by Gasteiger charge is -2.18. The van der Waals surface area contributed by atoms with E-state index >= 15 is 0 Å². The van der Waals surface area contributed by atoms with E-state index in [2.05, 4.69) is 154 Å². The third kappa shape index (κ3) is 57.9. The fraction of sp³-hybridized carbons (Fsp3) is 0.574. The van der Waals surface area contributed by atoms with Crippen LogP contribution >= 0.6 is 0 Å². The average Bonchev–Trinajstić information content (AvgIpc) is 3.40. The maximum atomic E-state index is 12.8. The molecule has 414 valence electrons. The van der Waals surface area contributed by atoms with Crippen molar-refractivity contribution in [3.05, 3.63) is 158 Å². The number of carbonyl (C=O) groups is 3. The Morgan fingerprint density at radius 3 is 0.905 bits per heavy atom. The highest BCUT2D eigenvalue weighted by Gasteiger charge is 2.19. The van der Waals surface area contributed by atoms with Crippen LogP contribution in [0.2, 0.25) is 0 Å². The summed E-state index contributed by atoms with van der Waals surface area (Å²) in [6.45, 7) is 6.27. The van der Waals surface area contributed by atoms with Crippen molar-refractivity contribution in [2.75, 3.05) is 13.2 Å². The molecule has 0 spiro atoms. The Labute approximate surface area is 454 Å². The number of allylic oxidation sites excluding steroid dienone is 26. The smallest absolute Gasteiger partial charge is 0.306 e. The Hall–Kier alpha value is -4.97. The van der Waals surface area contributed by atoms with Gasteiger partial charge in [-0.2, -0.15) is 0 Å². The minimum Gasteiger partial charge on any atom is -0.462 e. The van der Waals surface area contributed by atoms with Gasteiger partial charge in [-0.3, -0.25) is 14.4 Å². The van der Waals surface area contributed by atoms with E-state index in [0.717, 1.165) is 96.3 Å². The van der Waals surface area contributed by atoms with E-state index in [0.29, 0.717) is 19.3 Å². The summed E-state index contributed by atoms with van der Waals surface area (Å²) in [5.41, 5.74) is 0. The van der Waals surface area contributed by atoms with E-state index in [-0.39, 0.29) is 38.0 Å². The summed E-state index contributed by atoms with van der Waals surface area (Å²) in [4.78, 5) is 38.2. The molecular weight excluding hydrogens is 913 g/mol. The molecule has 1 atom stereocenters. The second kappa shape index (κ2) is 60.6. The molecule has 1 unspecified atom stereocenters. The third-order valence-corrected chi connectivity index (χ3v) is 11.8. The van der Waals surface area contributed by atoms with Gasteiger partial charge in [0.05, 0.1) is 0 Å². The second-order valence-electron chi connectivity index (χ2n) is 18.8. The quantitative estimate of drug-likeness (QED) is 0.0261. The van der Waals surface area contributed by atoms with Gasteiger partial charge in [0.25, 0.3) is 0 Å². The molecule has 0 aromatic rings. The molecule has 0 N–H and O–H groups in total. The van der Waals surface area contributed by atoms with Gasteiger partial charge in [0.2, 0.25) is 0 Å². The number of esters is 3. The van der Waals surface area contributed by atoms with Crippen molar-refractivity contribution in [1.29, 1.82) is 0 Å². The molecule has 0 fully saturated rings. The zero-order valence-corrected chi connectivity index (χ0v) is 47.3. The first kappa shape index (κ1) is 69.0. The highest BCUT2D eigenvalue weighted by atomic mass is 16.6. The topological polar surface area (TPSA) is 78.9 Å². The minimum atomic E-state index is -0.860. The van der Waals surface area contributed by atoms with E-state index in [9.17, 15) is 14.4 Å². The first-order valence-electron chi connectivity index (χ1n) is 29.5. The molecule has 0 saturated heterocycles. The summed E-state index contributed by atoms with van der Waals surface area (Å²) in [5.74, 6) is -1.12. The van der Waals surface area contributed by atoms with E-state index in [1.54, 1.807) is 0 Å². The van der Waals surface area contributed by atoms with Gasteiger partial charge in [-0.15, -0.1) is 0 Å². The summed E-state index contributed by atoms with van der Waals surface area (Å²) in [7, 11) is 0. The molecule has 0 bridgehead atoms. The number of unbranched alkanes of at least 4 members (excludes halogenated alkanes) is 14. The predicted molar refractivity (Wildman–Crippen MR) is 320 cm³/mol. The third-order valence-electron chi connectivity index (χ3n) is 11.8. The Morgan fingerprint density at radius 1 is 0.284 bits per heavy atom. The van der Waals surface area contributed by atoms with E-state index in [4.69, 9.17) is 14.2 Å². The molecule has 0 amide bonds. The van der Waals surface area contributed by atoms with Crippen molar-refractivity contribution in [3.63, 3.8) is 0 Å². The number of hydrogen-bond acceptors (Lipinski definition) is 6. The van der Waals surface area contributed by atoms with Gasteiger partial charge in [0, 0.05) is 19.3 Å². The number of hydrogen-bond donors (Lipinski definition) is 0. The second-order valence-corrected chi connectivity index (χ2v) is 18.8.